The minimum atomic E-state index is -0.254. The smallest absolute Gasteiger partial charge is 0.275 e. The van der Waals surface area contributed by atoms with Crippen LogP contribution in [-0.2, 0) is 11.3 Å². The van der Waals surface area contributed by atoms with Crippen LogP contribution >= 0.6 is 0 Å². The van der Waals surface area contributed by atoms with E-state index in [4.69, 9.17) is 0 Å². The molecule has 0 spiro atoms. The SMILES string of the molecule is Cc1ccc(N(C)C(=O)Cn2ncc3ccccc3c2=O)c(C)c1. The molecule has 0 aliphatic rings. The fraction of sp³-hybridized carbons (Fsp3) is 0.211. The number of carbonyl (C=O) groups excluding carboxylic acids is 1. The van der Waals surface area contributed by atoms with E-state index in [9.17, 15) is 9.59 Å². The first-order valence-electron chi connectivity index (χ1n) is 7.76. The summed E-state index contributed by atoms with van der Waals surface area (Å²) < 4.78 is 1.21. The van der Waals surface area contributed by atoms with Crippen molar-refractivity contribution in [1.29, 1.82) is 0 Å². The van der Waals surface area contributed by atoms with Gasteiger partial charge in [-0.25, -0.2) is 4.68 Å². The number of fused-ring (bicyclic) bond motifs is 1. The van der Waals surface area contributed by atoms with Gasteiger partial charge in [-0.15, -0.1) is 0 Å². The number of benzene rings is 2. The number of hydrogen-bond acceptors (Lipinski definition) is 3. The first-order valence-corrected chi connectivity index (χ1v) is 7.76. The van der Waals surface area contributed by atoms with Gasteiger partial charge in [-0.05, 0) is 31.5 Å². The molecule has 1 aromatic heterocycles. The van der Waals surface area contributed by atoms with Crippen LogP contribution in [0.1, 0.15) is 11.1 Å². The van der Waals surface area contributed by atoms with Crippen LogP contribution in [0.4, 0.5) is 5.69 Å². The summed E-state index contributed by atoms with van der Waals surface area (Å²) in [5.74, 6) is -0.188. The fourth-order valence-electron chi connectivity index (χ4n) is 2.79. The van der Waals surface area contributed by atoms with Crippen LogP contribution in [0.2, 0.25) is 0 Å². The maximum atomic E-state index is 12.6. The molecule has 0 bridgehead atoms. The van der Waals surface area contributed by atoms with E-state index in [1.807, 2.05) is 44.2 Å². The van der Waals surface area contributed by atoms with Gasteiger partial charge in [0, 0.05) is 18.1 Å². The van der Waals surface area contributed by atoms with Crippen LogP contribution in [-0.4, -0.2) is 22.7 Å². The highest BCUT2D eigenvalue weighted by molar-refractivity contribution is 5.93. The maximum Gasteiger partial charge on any atom is 0.275 e. The second kappa shape index (κ2) is 6.28. The predicted molar refractivity (Wildman–Crippen MR) is 95.3 cm³/mol. The lowest BCUT2D eigenvalue weighted by Crippen LogP contribution is -2.35. The molecule has 0 saturated heterocycles. The van der Waals surface area contributed by atoms with E-state index < -0.39 is 0 Å². The van der Waals surface area contributed by atoms with Crippen LogP contribution in [0.5, 0.6) is 0 Å². The normalized spacial score (nSPS) is 10.8. The molecule has 122 valence electrons. The molecule has 0 radical (unpaired) electrons. The Bertz CT molecular complexity index is 976. The van der Waals surface area contributed by atoms with Crippen LogP contribution in [0, 0.1) is 13.8 Å². The Hall–Kier alpha value is -2.95. The Morgan fingerprint density at radius 3 is 2.67 bits per heavy atom. The number of likely N-dealkylation sites (N-methyl/N-ethyl adjacent to an activating group) is 1. The molecular weight excluding hydrogens is 302 g/mol. The fourth-order valence-corrected chi connectivity index (χ4v) is 2.79. The first kappa shape index (κ1) is 15.9. The molecule has 3 aromatic rings. The average Bonchev–Trinajstić information content (AvgIpc) is 2.57. The molecule has 0 fully saturated rings. The summed E-state index contributed by atoms with van der Waals surface area (Å²) >= 11 is 0. The summed E-state index contributed by atoms with van der Waals surface area (Å²) in [6.45, 7) is 3.89. The molecular formula is C19H19N3O2. The Labute approximate surface area is 140 Å². The third kappa shape index (κ3) is 2.93. The molecule has 3 rings (SSSR count). The summed E-state index contributed by atoms with van der Waals surface area (Å²) in [7, 11) is 1.71. The second-order valence-corrected chi connectivity index (χ2v) is 5.94. The largest absolute Gasteiger partial charge is 0.314 e. The minimum absolute atomic E-state index is 0.0898. The van der Waals surface area contributed by atoms with E-state index in [1.165, 1.54) is 4.68 Å². The van der Waals surface area contributed by atoms with Crippen molar-refractivity contribution in [3.63, 3.8) is 0 Å². The highest BCUT2D eigenvalue weighted by Gasteiger charge is 2.15. The van der Waals surface area contributed by atoms with Crippen molar-refractivity contribution in [3.8, 4) is 0 Å². The summed E-state index contributed by atoms with van der Waals surface area (Å²) in [6, 6.07) is 13.1. The molecule has 24 heavy (non-hydrogen) atoms. The molecule has 0 aliphatic heterocycles. The number of carbonyl (C=O) groups is 1. The topological polar surface area (TPSA) is 55.2 Å². The van der Waals surface area contributed by atoms with E-state index in [-0.39, 0.29) is 18.0 Å². The summed E-state index contributed by atoms with van der Waals surface area (Å²) in [4.78, 5) is 26.6. The zero-order valence-corrected chi connectivity index (χ0v) is 14.0. The number of aryl methyl sites for hydroxylation is 2. The first-order chi connectivity index (χ1) is 11.5. The van der Waals surface area contributed by atoms with Gasteiger partial charge < -0.3 is 4.90 Å². The number of nitrogens with zero attached hydrogens (tertiary/aromatic N) is 3. The predicted octanol–water partition coefficient (Wildman–Crippen LogP) is 2.68. The Balaban J connectivity index is 1.89. The lowest BCUT2D eigenvalue weighted by atomic mass is 10.1. The summed E-state index contributed by atoms with van der Waals surface area (Å²) in [6.07, 6.45) is 1.61. The number of anilines is 1. The van der Waals surface area contributed by atoms with E-state index in [0.717, 1.165) is 22.2 Å². The van der Waals surface area contributed by atoms with Crippen molar-refractivity contribution < 1.29 is 4.79 Å². The van der Waals surface area contributed by atoms with Gasteiger partial charge in [0.25, 0.3) is 5.56 Å². The lowest BCUT2D eigenvalue weighted by Gasteiger charge is -2.20. The Kier molecular flexibility index (Phi) is 4.16. The van der Waals surface area contributed by atoms with Gasteiger partial charge in [0.2, 0.25) is 5.91 Å². The molecule has 2 aromatic carbocycles. The third-order valence-corrected chi connectivity index (χ3v) is 4.13. The molecule has 5 nitrogen and oxygen atoms in total. The van der Waals surface area contributed by atoms with E-state index in [0.29, 0.717) is 5.39 Å². The number of rotatable bonds is 3. The van der Waals surface area contributed by atoms with Gasteiger partial charge in [0.1, 0.15) is 6.54 Å². The van der Waals surface area contributed by atoms with E-state index in [1.54, 1.807) is 30.3 Å². The van der Waals surface area contributed by atoms with Crippen molar-refractivity contribution in [2.75, 3.05) is 11.9 Å². The Morgan fingerprint density at radius 1 is 1.17 bits per heavy atom. The van der Waals surface area contributed by atoms with Gasteiger partial charge in [-0.2, -0.15) is 5.10 Å². The third-order valence-electron chi connectivity index (χ3n) is 4.13. The molecule has 1 heterocycles. The molecule has 0 saturated carbocycles. The number of hydrogen-bond donors (Lipinski definition) is 0. The van der Waals surface area contributed by atoms with Crippen molar-refractivity contribution in [3.05, 3.63) is 70.1 Å². The molecule has 0 aliphatic carbocycles. The molecule has 0 N–H and O–H groups in total. The van der Waals surface area contributed by atoms with Crippen molar-refractivity contribution >= 4 is 22.4 Å². The molecule has 5 heteroatoms. The van der Waals surface area contributed by atoms with Gasteiger partial charge in [-0.3, -0.25) is 9.59 Å². The zero-order valence-electron chi connectivity index (χ0n) is 14.0. The van der Waals surface area contributed by atoms with Crippen molar-refractivity contribution in [2.24, 2.45) is 0 Å². The molecule has 1 amide bonds. The van der Waals surface area contributed by atoms with Crippen LogP contribution in [0.15, 0.2) is 53.5 Å². The lowest BCUT2D eigenvalue weighted by molar-refractivity contribution is -0.119. The molecule has 0 atom stereocenters. The van der Waals surface area contributed by atoms with Crippen LogP contribution in [0.25, 0.3) is 10.8 Å². The van der Waals surface area contributed by atoms with Crippen molar-refractivity contribution in [1.82, 2.24) is 9.78 Å². The van der Waals surface area contributed by atoms with E-state index in [2.05, 4.69) is 5.10 Å². The van der Waals surface area contributed by atoms with Gasteiger partial charge >= 0.3 is 0 Å². The summed E-state index contributed by atoms with van der Waals surface area (Å²) in [5, 5.41) is 5.45. The minimum Gasteiger partial charge on any atom is -0.314 e. The van der Waals surface area contributed by atoms with Gasteiger partial charge in [0.05, 0.1) is 11.6 Å². The number of aromatic nitrogens is 2. The standard InChI is InChI=1S/C19H19N3O2/c1-13-8-9-17(14(2)10-13)21(3)18(23)12-22-19(24)16-7-5-4-6-15(16)11-20-22/h4-11H,12H2,1-3H3. The van der Waals surface area contributed by atoms with Crippen LogP contribution in [0.3, 0.4) is 0 Å². The van der Waals surface area contributed by atoms with E-state index >= 15 is 0 Å². The molecule has 0 unspecified atom stereocenters. The number of amides is 1. The quantitative estimate of drug-likeness (QED) is 0.745. The van der Waals surface area contributed by atoms with Gasteiger partial charge in [-0.1, -0.05) is 35.9 Å². The summed E-state index contributed by atoms with van der Waals surface area (Å²) in [5.41, 5.74) is 2.74. The monoisotopic (exact) mass is 321 g/mol. The highest BCUT2D eigenvalue weighted by atomic mass is 16.2. The van der Waals surface area contributed by atoms with Gasteiger partial charge in [0.15, 0.2) is 0 Å². The zero-order chi connectivity index (χ0) is 17.3. The Morgan fingerprint density at radius 2 is 1.92 bits per heavy atom. The second-order valence-electron chi connectivity index (χ2n) is 5.94. The highest BCUT2D eigenvalue weighted by Crippen LogP contribution is 2.20. The van der Waals surface area contributed by atoms with Crippen LogP contribution < -0.4 is 10.5 Å². The average molecular weight is 321 g/mol. The van der Waals surface area contributed by atoms with Crippen molar-refractivity contribution in [2.45, 2.75) is 20.4 Å². The maximum absolute atomic E-state index is 12.6.